The monoisotopic (exact) mass is 367 g/mol. The summed E-state index contributed by atoms with van der Waals surface area (Å²) in [6, 6.07) is 8.12. The van der Waals surface area contributed by atoms with Crippen molar-refractivity contribution in [1.29, 1.82) is 0 Å². The number of methoxy groups -OCH3 is 1. The third-order valence-electron chi connectivity index (χ3n) is 3.34. The van der Waals surface area contributed by atoms with Crippen molar-refractivity contribution < 1.29 is 19.1 Å². The normalized spacial score (nSPS) is 9.69. The van der Waals surface area contributed by atoms with E-state index in [0.29, 0.717) is 19.1 Å². The number of nitrogens with zero attached hydrogens (tertiary/aromatic N) is 2. The highest BCUT2D eigenvalue weighted by molar-refractivity contribution is 5.68. The molecule has 2 amide bonds. The highest BCUT2D eigenvalue weighted by Gasteiger charge is 2.13. The second-order valence-electron chi connectivity index (χ2n) is 5.86. The van der Waals surface area contributed by atoms with Gasteiger partial charge in [0.05, 0.1) is 7.11 Å². The molecule has 0 radical (unpaired) electrons. The molecular weight excluding hydrogens is 334 g/mol. The number of carbonyl (C=O) groups excluding carboxylic acids is 2. The summed E-state index contributed by atoms with van der Waals surface area (Å²) < 4.78 is 9.85. The summed E-state index contributed by atoms with van der Waals surface area (Å²) in [4.78, 5) is 26.0. The van der Waals surface area contributed by atoms with E-state index in [9.17, 15) is 9.59 Å². The number of ether oxygens (including phenoxy) is 2. The Kier molecular flexibility index (Phi) is 11.6. The molecule has 0 aliphatic rings. The number of likely N-dealkylation sites (N-methyl/N-ethyl adjacent to an activating group) is 2. The molecule has 1 N–H and O–H groups in total. The number of carbonyl (C=O) groups is 2. The predicted molar refractivity (Wildman–Crippen MR) is 104 cm³/mol. The first-order valence-corrected chi connectivity index (χ1v) is 8.86. The van der Waals surface area contributed by atoms with Gasteiger partial charge in [-0.2, -0.15) is 0 Å². The van der Waals surface area contributed by atoms with Crippen LogP contribution in [-0.2, 0) is 16.1 Å². The molecule has 148 valence electrons. The Balaban J connectivity index is 0.00000301. The fourth-order valence-electron chi connectivity index (χ4n) is 1.92. The highest BCUT2D eigenvalue weighted by atomic mass is 16.6. The van der Waals surface area contributed by atoms with Crippen molar-refractivity contribution in [3.05, 3.63) is 29.8 Å². The van der Waals surface area contributed by atoms with Crippen LogP contribution in [0, 0.1) is 0 Å². The highest BCUT2D eigenvalue weighted by Crippen LogP contribution is 2.12. The van der Waals surface area contributed by atoms with Gasteiger partial charge in [0.15, 0.2) is 0 Å². The number of benzene rings is 1. The molecule has 0 aliphatic heterocycles. The summed E-state index contributed by atoms with van der Waals surface area (Å²) in [5.74, 6) is 0. The number of anilines is 1. The van der Waals surface area contributed by atoms with E-state index in [0.717, 1.165) is 11.3 Å². The van der Waals surface area contributed by atoms with E-state index >= 15 is 0 Å². The largest absolute Gasteiger partial charge is 0.453 e. The van der Waals surface area contributed by atoms with Crippen LogP contribution in [0.25, 0.3) is 0 Å². The summed E-state index contributed by atoms with van der Waals surface area (Å²) in [5, 5.41) is 3.30. The molecule has 1 aromatic carbocycles. The topological polar surface area (TPSA) is 71.1 Å². The second-order valence-corrected chi connectivity index (χ2v) is 5.86. The van der Waals surface area contributed by atoms with Crippen LogP contribution in [-0.4, -0.2) is 62.3 Å². The fourth-order valence-corrected chi connectivity index (χ4v) is 1.92. The van der Waals surface area contributed by atoms with Gasteiger partial charge in [-0.3, -0.25) is 0 Å². The first-order valence-electron chi connectivity index (χ1n) is 8.86. The molecule has 0 unspecified atom stereocenters. The van der Waals surface area contributed by atoms with Crippen molar-refractivity contribution in [1.82, 2.24) is 9.80 Å². The van der Waals surface area contributed by atoms with Gasteiger partial charge in [-0.05, 0) is 31.5 Å². The Morgan fingerprint density at radius 1 is 1.00 bits per heavy atom. The van der Waals surface area contributed by atoms with Crippen molar-refractivity contribution in [3.63, 3.8) is 0 Å². The van der Waals surface area contributed by atoms with E-state index in [2.05, 4.69) is 23.9 Å². The fraction of sp³-hybridized carbons (Fsp3) is 0.579. The molecule has 0 aliphatic carbocycles. The van der Waals surface area contributed by atoms with Gasteiger partial charge >= 0.3 is 12.2 Å². The maximum absolute atomic E-state index is 11.9. The maximum Gasteiger partial charge on any atom is 0.409 e. The Hall–Kier alpha value is -2.44. The molecule has 0 aromatic heterocycles. The Labute approximate surface area is 157 Å². The van der Waals surface area contributed by atoms with E-state index in [4.69, 9.17) is 4.74 Å². The number of rotatable bonds is 7. The van der Waals surface area contributed by atoms with E-state index in [-0.39, 0.29) is 6.61 Å². The number of hydrogen-bond donors (Lipinski definition) is 1. The molecule has 1 rings (SSSR count). The van der Waals surface area contributed by atoms with Crippen molar-refractivity contribution in [2.45, 2.75) is 40.3 Å². The lowest BCUT2D eigenvalue weighted by atomic mass is 10.2. The average molecular weight is 367 g/mol. The van der Waals surface area contributed by atoms with Gasteiger partial charge < -0.3 is 24.6 Å². The molecule has 0 saturated heterocycles. The summed E-state index contributed by atoms with van der Waals surface area (Å²) in [5.41, 5.74) is 1.95. The van der Waals surface area contributed by atoms with Crippen LogP contribution in [0.5, 0.6) is 0 Å². The standard InChI is InChI=1S/C17H27N3O4.C2H6/c1-13(2)18-15-8-6-14(7-9-15)12-24-17(22)20(4)11-10-19(3)16(21)23-5;1-2/h6-9,13,18H,10-12H2,1-5H3;1-2H3. The molecule has 1 aromatic rings. The van der Waals surface area contributed by atoms with Crippen LogP contribution in [0.15, 0.2) is 24.3 Å². The van der Waals surface area contributed by atoms with Gasteiger partial charge in [0.25, 0.3) is 0 Å². The smallest absolute Gasteiger partial charge is 0.409 e. The summed E-state index contributed by atoms with van der Waals surface area (Å²) >= 11 is 0. The van der Waals surface area contributed by atoms with Gasteiger partial charge in [-0.25, -0.2) is 9.59 Å². The summed E-state index contributed by atoms with van der Waals surface area (Å²) in [6.07, 6.45) is -0.871. The Morgan fingerprint density at radius 2 is 1.50 bits per heavy atom. The molecule has 0 heterocycles. The van der Waals surface area contributed by atoms with E-state index in [1.165, 1.54) is 16.9 Å². The molecule has 0 spiro atoms. The first kappa shape index (κ1) is 23.6. The summed E-state index contributed by atoms with van der Waals surface area (Å²) in [6.45, 7) is 9.08. The Bertz CT molecular complexity index is 532. The molecule has 26 heavy (non-hydrogen) atoms. The summed E-state index contributed by atoms with van der Waals surface area (Å²) in [7, 11) is 4.56. The van der Waals surface area contributed by atoms with Crippen molar-refractivity contribution in [2.24, 2.45) is 0 Å². The molecule has 0 atom stereocenters. The SMILES string of the molecule is CC.COC(=O)N(C)CCN(C)C(=O)OCc1ccc(NC(C)C)cc1. The van der Waals surface area contributed by atoms with Crippen molar-refractivity contribution in [3.8, 4) is 0 Å². The zero-order chi connectivity index (χ0) is 20.1. The van der Waals surface area contributed by atoms with Crippen molar-refractivity contribution in [2.75, 3.05) is 39.6 Å². The quantitative estimate of drug-likeness (QED) is 0.794. The minimum atomic E-state index is -0.438. The maximum atomic E-state index is 11.9. The van der Waals surface area contributed by atoms with Crippen LogP contribution in [0.3, 0.4) is 0 Å². The van der Waals surface area contributed by atoms with E-state index in [1.807, 2.05) is 38.1 Å². The molecule has 0 saturated carbocycles. The average Bonchev–Trinajstić information content (AvgIpc) is 2.65. The molecule has 7 nitrogen and oxygen atoms in total. The molecule has 0 bridgehead atoms. The van der Waals surface area contributed by atoms with Crippen LogP contribution in [0.2, 0.25) is 0 Å². The number of nitrogens with one attached hydrogen (secondary N) is 1. The van der Waals surface area contributed by atoms with Crippen LogP contribution in [0.4, 0.5) is 15.3 Å². The van der Waals surface area contributed by atoms with Gasteiger partial charge in [-0.1, -0.05) is 26.0 Å². The minimum Gasteiger partial charge on any atom is -0.453 e. The van der Waals surface area contributed by atoms with E-state index in [1.54, 1.807) is 14.1 Å². The number of hydrogen-bond acceptors (Lipinski definition) is 5. The van der Waals surface area contributed by atoms with Crippen LogP contribution < -0.4 is 5.32 Å². The third kappa shape index (κ3) is 9.15. The predicted octanol–water partition coefficient (Wildman–Crippen LogP) is 3.80. The number of amides is 2. The second kappa shape index (κ2) is 12.9. The first-order chi connectivity index (χ1) is 12.3. The van der Waals surface area contributed by atoms with Crippen LogP contribution >= 0.6 is 0 Å². The van der Waals surface area contributed by atoms with Crippen LogP contribution in [0.1, 0.15) is 33.3 Å². The van der Waals surface area contributed by atoms with Gasteiger partial charge in [0.1, 0.15) is 6.61 Å². The molecule has 7 heteroatoms. The Morgan fingerprint density at radius 3 is 1.96 bits per heavy atom. The molecular formula is C19H33N3O4. The molecule has 0 fully saturated rings. The lowest BCUT2D eigenvalue weighted by molar-refractivity contribution is 0.0975. The van der Waals surface area contributed by atoms with E-state index < -0.39 is 12.2 Å². The zero-order valence-corrected chi connectivity index (χ0v) is 17.0. The minimum absolute atomic E-state index is 0.206. The lowest BCUT2D eigenvalue weighted by Crippen LogP contribution is -2.37. The van der Waals surface area contributed by atoms with Gasteiger partial charge in [-0.15, -0.1) is 0 Å². The third-order valence-corrected chi connectivity index (χ3v) is 3.34. The zero-order valence-electron chi connectivity index (χ0n) is 17.0. The van der Waals surface area contributed by atoms with Gasteiger partial charge in [0, 0.05) is 38.9 Å². The van der Waals surface area contributed by atoms with Gasteiger partial charge in [0.2, 0.25) is 0 Å². The lowest BCUT2D eigenvalue weighted by Gasteiger charge is -2.21. The van der Waals surface area contributed by atoms with Crippen molar-refractivity contribution >= 4 is 17.9 Å².